The number of hydrogen-bond donors (Lipinski definition) is 0. The first kappa shape index (κ1) is 8.64. The first-order valence-corrected chi connectivity index (χ1v) is 6.15. The molecule has 0 nitrogen and oxygen atoms in total. The first-order valence-electron chi connectivity index (χ1n) is 4.18. The Balaban J connectivity index is 2.19. The highest BCUT2D eigenvalue weighted by Gasteiger charge is 2.26. The molecule has 0 bridgehead atoms. The smallest absolute Gasteiger partial charge is 0.0422 e. The van der Waals surface area contributed by atoms with Crippen LogP contribution < -0.4 is 0 Å². The molecule has 0 amide bonds. The van der Waals surface area contributed by atoms with Gasteiger partial charge in [0.15, 0.2) is 0 Å². The van der Waals surface area contributed by atoms with Crippen molar-refractivity contribution < 1.29 is 0 Å². The maximum Gasteiger partial charge on any atom is 0.0422 e. The standard InChI is InChI=1S/C10H11BrS/c11-9-6-7-12-10(9)8-4-2-1-3-5-8/h1-5,9-10H,6-7H2/t9-,10+/m1/s1. The van der Waals surface area contributed by atoms with Crippen molar-refractivity contribution >= 4 is 27.7 Å². The van der Waals surface area contributed by atoms with E-state index < -0.39 is 0 Å². The van der Waals surface area contributed by atoms with Gasteiger partial charge in [-0.3, -0.25) is 0 Å². The molecule has 2 atom stereocenters. The molecule has 2 heteroatoms. The summed E-state index contributed by atoms with van der Waals surface area (Å²) in [5, 5.41) is 0.672. The number of halogens is 1. The molecule has 12 heavy (non-hydrogen) atoms. The average molecular weight is 243 g/mol. The summed E-state index contributed by atoms with van der Waals surface area (Å²) < 4.78 is 0. The fourth-order valence-corrected chi connectivity index (χ4v) is 4.14. The van der Waals surface area contributed by atoms with Crippen molar-refractivity contribution in [1.82, 2.24) is 0 Å². The van der Waals surface area contributed by atoms with Crippen molar-refractivity contribution in [3.8, 4) is 0 Å². The summed E-state index contributed by atoms with van der Waals surface area (Å²) in [7, 11) is 0. The van der Waals surface area contributed by atoms with Crippen molar-refractivity contribution in [3.63, 3.8) is 0 Å². The summed E-state index contributed by atoms with van der Waals surface area (Å²) in [6.07, 6.45) is 1.30. The summed E-state index contributed by atoms with van der Waals surface area (Å²) in [6, 6.07) is 10.8. The maximum atomic E-state index is 3.72. The van der Waals surface area contributed by atoms with Crippen LogP contribution in [-0.4, -0.2) is 10.6 Å². The minimum atomic E-state index is 0.671. The SMILES string of the molecule is Br[C@@H]1CCS[C@H]1c1ccccc1. The van der Waals surface area contributed by atoms with Crippen LogP contribution >= 0.6 is 27.7 Å². The summed E-state index contributed by atoms with van der Waals surface area (Å²) >= 11 is 5.78. The Hall–Kier alpha value is 0.0500. The highest BCUT2D eigenvalue weighted by atomic mass is 79.9. The third kappa shape index (κ3) is 1.69. The van der Waals surface area contributed by atoms with E-state index in [4.69, 9.17) is 0 Å². The van der Waals surface area contributed by atoms with E-state index in [0.29, 0.717) is 10.1 Å². The molecule has 1 fully saturated rings. The minimum Gasteiger partial charge on any atom is -0.153 e. The molecule has 0 spiro atoms. The van der Waals surface area contributed by atoms with Gasteiger partial charge in [0, 0.05) is 10.1 Å². The molecule has 0 unspecified atom stereocenters. The summed E-state index contributed by atoms with van der Waals surface area (Å²) in [6.45, 7) is 0. The third-order valence-corrected chi connectivity index (χ3v) is 4.92. The van der Waals surface area contributed by atoms with Crippen LogP contribution in [0.2, 0.25) is 0 Å². The Morgan fingerprint density at radius 2 is 2.00 bits per heavy atom. The molecule has 0 radical (unpaired) electrons. The quantitative estimate of drug-likeness (QED) is 0.679. The molecule has 1 aliphatic heterocycles. The lowest BCUT2D eigenvalue weighted by Crippen LogP contribution is -2.01. The highest BCUT2D eigenvalue weighted by molar-refractivity contribution is 9.09. The molecule has 2 rings (SSSR count). The average Bonchev–Trinajstić information content (AvgIpc) is 2.53. The van der Waals surface area contributed by atoms with Gasteiger partial charge in [-0.25, -0.2) is 0 Å². The molecular formula is C10H11BrS. The second-order valence-electron chi connectivity index (χ2n) is 3.01. The molecule has 0 aliphatic carbocycles. The number of benzene rings is 1. The van der Waals surface area contributed by atoms with Gasteiger partial charge in [-0.05, 0) is 17.7 Å². The van der Waals surface area contributed by atoms with E-state index in [0.717, 1.165) is 0 Å². The molecule has 0 saturated carbocycles. The van der Waals surface area contributed by atoms with Gasteiger partial charge in [0.25, 0.3) is 0 Å². The van der Waals surface area contributed by atoms with Gasteiger partial charge in [-0.2, -0.15) is 11.8 Å². The number of hydrogen-bond acceptors (Lipinski definition) is 1. The Morgan fingerprint density at radius 1 is 1.25 bits per heavy atom. The number of alkyl halides is 1. The van der Waals surface area contributed by atoms with Gasteiger partial charge in [0.1, 0.15) is 0 Å². The van der Waals surface area contributed by atoms with E-state index in [-0.39, 0.29) is 0 Å². The van der Waals surface area contributed by atoms with E-state index in [9.17, 15) is 0 Å². The second kappa shape index (κ2) is 3.84. The van der Waals surface area contributed by atoms with Crippen LogP contribution in [0.5, 0.6) is 0 Å². The predicted octanol–water partition coefficient (Wildman–Crippen LogP) is 3.63. The monoisotopic (exact) mass is 242 g/mol. The van der Waals surface area contributed by atoms with Gasteiger partial charge in [-0.15, -0.1) is 0 Å². The molecule has 1 aromatic carbocycles. The van der Waals surface area contributed by atoms with Gasteiger partial charge in [0.05, 0.1) is 0 Å². The first-order chi connectivity index (χ1) is 5.88. The lowest BCUT2D eigenvalue weighted by atomic mass is 10.1. The fourth-order valence-electron chi connectivity index (χ4n) is 1.51. The van der Waals surface area contributed by atoms with Crippen molar-refractivity contribution in [2.75, 3.05) is 5.75 Å². The van der Waals surface area contributed by atoms with E-state index in [1.54, 1.807) is 0 Å². The van der Waals surface area contributed by atoms with E-state index in [1.807, 2.05) is 0 Å². The zero-order chi connectivity index (χ0) is 8.39. The van der Waals surface area contributed by atoms with Crippen LogP contribution in [0.1, 0.15) is 17.2 Å². The molecule has 1 heterocycles. The largest absolute Gasteiger partial charge is 0.153 e. The molecule has 0 aromatic heterocycles. The van der Waals surface area contributed by atoms with Crippen LogP contribution in [-0.2, 0) is 0 Å². The highest BCUT2D eigenvalue weighted by Crippen LogP contribution is 2.43. The van der Waals surface area contributed by atoms with E-state index in [2.05, 4.69) is 58.0 Å². The van der Waals surface area contributed by atoms with E-state index >= 15 is 0 Å². The summed E-state index contributed by atoms with van der Waals surface area (Å²) in [5.74, 6) is 1.29. The fraction of sp³-hybridized carbons (Fsp3) is 0.400. The minimum absolute atomic E-state index is 0.671. The van der Waals surface area contributed by atoms with Crippen LogP contribution in [0.3, 0.4) is 0 Å². The van der Waals surface area contributed by atoms with Crippen LogP contribution in [0.15, 0.2) is 30.3 Å². The van der Waals surface area contributed by atoms with Gasteiger partial charge >= 0.3 is 0 Å². The Morgan fingerprint density at radius 3 is 2.58 bits per heavy atom. The van der Waals surface area contributed by atoms with Gasteiger partial charge < -0.3 is 0 Å². The Bertz CT molecular complexity index is 247. The summed E-state index contributed by atoms with van der Waals surface area (Å²) in [5.41, 5.74) is 1.46. The zero-order valence-corrected chi connectivity index (χ0v) is 9.14. The molecule has 1 aliphatic rings. The van der Waals surface area contributed by atoms with Crippen molar-refractivity contribution in [2.45, 2.75) is 16.5 Å². The summed E-state index contributed by atoms with van der Waals surface area (Å²) in [4.78, 5) is 0.671. The lowest BCUT2D eigenvalue weighted by Gasteiger charge is -2.12. The normalized spacial score (nSPS) is 29.1. The second-order valence-corrected chi connectivity index (χ2v) is 5.43. The zero-order valence-electron chi connectivity index (χ0n) is 6.74. The van der Waals surface area contributed by atoms with Crippen LogP contribution in [0.25, 0.3) is 0 Å². The molecular weight excluding hydrogens is 232 g/mol. The van der Waals surface area contributed by atoms with Crippen molar-refractivity contribution in [3.05, 3.63) is 35.9 Å². The third-order valence-electron chi connectivity index (χ3n) is 2.15. The van der Waals surface area contributed by atoms with Crippen molar-refractivity contribution in [1.29, 1.82) is 0 Å². The van der Waals surface area contributed by atoms with Crippen LogP contribution in [0, 0.1) is 0 Å². The maximum absolute atomic E-state index is 3.72. The Labute approximate surface area is 85.9 Å². The predicted molar refractivity (Wildman–Crippen MR) is 59.0 cm³/mol. The molecule has 0 N–H and O–H groups in total. The van der Waals surface area contributed by atoms with Gasteiger partial charge in [-0.1, -0.05) is 46.3 Å². The Kier molecular flexibility index (Phi) is 2.76. The number of rotatable bonds is 1. The topological polar surface area (TPSA) is 0 Å². The number of thioether (sulfide) groups is 1. The van der Waals surface area contributed by atoms with Crippen LogP contribution in [0.4, 0.5) is 0 Å². The van der Waals surface area contributed by atoms with E-state index in [1.165, 1.54) is 17.7 Å². The molecule has 64 valence electrons. The molecule has 1 saturated heterocycles. The van der Waals surface area contributed by atoms with Gasteiger partial charge in [0.2, 0.25) is 0 Å². The van der Waals surface area contributed by atoms with Crippen molar-refractivity contribution in [2.24, 2.45) is 0 Å². The molecule has 1 aromatic rings. The lowest BCUT2D eigenvalue weighted by molar-refractivity contribution is 0.866.